The highest BCUT2D eigenvalue weighted by molar-refractivity contribution is 6.08. The SMILES string of the molecule is c1cc(-c2ccc(-c3ccc(N(c4ccc(-c5ccc6c(ccc7ccccc76)c5)cc4)c4cccc5ccccc45)cc3)cc2)cc(-c2cc3ccccc3o2)c1. The largest absolute Gasteiger partial charge is 0.456 e. The van der Waals surface area contributed by atoms with Crippen LogP contribution in [0.3, 0.4) is 0 Å². The molecule has 11 aromatic rings. The highest BCUT2D eigenvalue weighted by Crippen LogP contribution is 2.41. The van der Waals surface area contributed by atoms with Crippen molar-refractivity contribution in [2.45, 2.75) is 0 Å². The van der Waals surface area contributed by atoms with Gasteiger partial charge in [-0.25, -0.2) is 0 Å². The Balaban J connectivity index is 0.906. The van der Waals surface area contributed by atoms with Crippen molar-refractivity contribution >= 4 is 60.3 Å². The van der Waals surface area contributed by atoms with Gasteiger partial charge in [-0.05, 0) is 115 Å². The second-order valence-corrected chi connectivity index (χ2v) is 15.0. The number of nitrogens with zero attached hydrogens (tertiary/aromatic N) is 1. The fourth-order valence-corrected chi connectivity index (χ4v) is 8.46. The smallest absolute Gasteiger partial charge is 0.135 e. The van der Waals surface area contributed by atoms with E-state index < -0.39 is 0 Å². The maximum atomic E-state index is 6.17. The van der Waals surface area contributed by atoms with E-state index in [1.165, 1.54) is 60.1 Å². The van der Waals surface area contributed by atoms with Crippen LogP contribution < -0.4 is 4.90 Å². The molecule has 0 spiro atoms. The van der Waals surface area contributed by atoms with Crippen LogP contribution in [0, 0.1) is 0 Å². The van der Waals surface area contributed by atoms with E-state index in [-0.39, 0.29) is 0 Å². The van der Waals surface area contributed by atoms with Gasteiger partial charge in [0.2, 0.25) is 0 Å². The molecular formula is C56H37NO. The van der Waals surface area contributed by atoms with Crippen LogP contribution in [0.1, 0.15) is 0 Å². The van der Waals surface area contributed by atoms with Crippen molar-refractivity contribution in [1.82, 2.24) is 0 Å². The van der Waals surface area contributed by atoms with E-state index in [1.807, 2.05) is 18.2 Å². The molecule has 0 unspecified atom stereocenters. The molecule has 0 N–H and O–H groups in total. The fourth-order valence-electron chi connectivity index (χ4n) is 8.46. The Morgan fingerprint density at radius 2 is 0.759 bits per heavy atom. The first-order chi connectivity index (χ1) is 28.7. The molecule has 0 bridgehead atoms. The highest BCUT2D eigenvalue weighted by atomic mass is 16.3. The molecule has 0 radical (unpaired) electrons. The van der Waals surface area contributed by atoms with Gasteiger partial charge in [0.15, 0.2) is 0 Å². The van der Waals surface area contributed by atoms with E-state index in [9.17, 15) is 0 Å². The number of fused-ring (bicyclic) bond motifs is 5. The molecule has 1 heterocycles. The fraction of sp³-hybridized carbons (Fsp3) is 0. The summed E-state index contributed by atoms with van der Waals surface area (Å²) < 4.78 is 6.17. The number of benzene rings is 10. The number of rotatable bonds is 7. The molecule has 2 heteroatoms. The third kappa shape index (κ3) is 6.09. The summed E-state index contributed by atoms with van der Waals surface area (Å²) in [6, 6.07) is 80.7. The summed E-state index contributed by atoms with van der Waals surface area (Å²) >= 11 is 0. The van der Waals surface area contributed by atoms with Gasteiger partial charge in [0.1, 0.15) is 11.3 Å². The molecule has 2 nitrogen and oxygen atoms in total. The Labute approximate surface area is 337 Å². The topological polar surface area (TPSA) is 16.4 Å². The van der Waals surface area contributed by atoms with Crippen molar-refractivity contribution in [3.8, 4) is 44.7 Å². The van der Waals surface area contributed by atoms with Crippen molar-refractivity contribution < 1.29 is 4.42 Å². The lowest BCUT2D eigenvalue weighted by atomic mass is 9.97. The van der Waals surface area contributed by atoms with Crippen LogP contribution in [-0.4, -0.2) is 0 Å². The van der Waals surface area contributed by atoms with E-state index in [4.69, 9.17) is 4.42 Å². The Bertz CT molecular complexity index is 3230. The number of hydrogen-bond acceptors (Lipinski definition) is 2. The lowest BCUT2D eigenvalue weighted by Gasteiger charge is -2.27. The zero-order chi connectivity index (χ0) is 38.4. The van der Waals surface area contributed by atoms with Crippen LogP contribution in [-0.2, 0) is 0 Å². The average Bonchev–Trinajstić information content (AvgIpc) is 3.74. The maximum Gasteiger partial charge on any atom is 0.135 e. The number of hydrogen-bond donors (Lipinski definition) is 0. The van der Waals surface area contributed by atoms with Crippen molar-refractivity contribution in [3.05, 3.63) is 224 Å². The summed E-state index contributed by atoms with van der Waals surface area (Å²) in [4.78, 5) is 2.38. The molecule has 11 rings (SSSR count). The van der Waals surface area contributed by atoms with Crippen LogP contribution in [0.5, 0.6) is 0 Å². The second kappa shape index (κ2) is 14.1. The summed E-state index contributed by atoms with van der Waals surface area (Å²) in [5.41, 5.74) is 12.4. The maximum absolute atomic E-state index is 6.17. The first-order valence-electron chi connectivity index (χ1n) is 19.8. The predicted octanol–water partition coefficient (Wildman–Crippen LogP) is 16.0. The van der Waals surface area contributed by atoms with E-state index in [1.54, 1.807) is 0 Å². The molecule has 0 aliphatic heterocycles. The molecular weight excluding hydrogens is 703 g/mol. The molecule has 0 amide bonds. The van der Waals surface area contributed by atoms with Gasteiger partial charge < -0.3 is 9.32 Å². The second-order valence-electron chi connectivity index (χ2n) is 15.0. The van der Waals surface area contributed by atoms with Gasteiger partial charge in [0, 0.05) is 27.7 Å². The molecule has 0 aliphatic rings. The van der Waals surface area contributed by atoms with Crippen molar-refractivity contribution in [1.29, 1.82) is 0 Å². The normalized spacial score (nSPS) is 11.4. The number of para-hydroxylation sites is 1. The lowest BCUT2D eigenvalue weighted by Crippen LogP contribution is -2.10. The first kappa shape index (κ1) is 33.6. The van der Waals surface area contributed by atoms with Crippen molar-refractivity contribution in [2.24, 2.45) is 0 Å². The molecule has 1 aromatic heterocycles. The molecule has 0 saturated carbocycles. The molecule has 0 atom stereocenters. The van der Waals surface area contributed by atoms with Crippen molar-refractivity contribution in [3.63, 3.8) is 0 Å². The molecule has 0 aliphatic carbocycles. The average molecular weight is 740 g/mol. The Kier molecular flexibility index (Phi) is 8.19. The molecule has 0 fully saturated rings. The van der Waals surface area contributed by atoms with Crippen LogP contribution in [0.4, 0.5) is 17.1 Å². The summed E-state index contributed by atoms with van der Waals surface area (Å²) in [7, 11) is 0. The summed E-state index contributed by atoms with van der Waals surface area (Å²) in [6.45, 7) is 0. The zero-order valence-corrected chi connectivity index (χ0v) is 31.7. The van der Waals surface area contributed by atoms with Crippen LogP contribution in [0.15, 0.2) is 229 Å². The first-order valence-corrected chi connectivity index (χ1v) is 19.8. The quantitative estimate of drug-likeness (QED) is 0.151. The number of anilines is 3. The van der Waals surface area contributed by atoms with Gasteiger partial charge in [-0.1, -0.05) is 170 Å². The van der Waals surface area contributed by atoms with E-state index in [0.717, 1.165) is 44.9 Å². The molecule has 0 saturated heterocycles. The summed E-state index contributed by atoms with van der Waals surface area (Å²) in [5, 5.41) is 8.62. The van der Waals surface area contributed by atoms with E-state index in [0.29, 0.717) is 0 Å². The molecule has 58 heavy (non-hydrogen) atoms. The third-order valence-corrected chi connectivity index (χ3v) is 11.5. The van der Waals surface area contributed by atoms with Crippen LogP contribution in [0.2, 0.25) is 0 Å². The van der Waals surface area contributed by atoms with Gasteiger partial charge in [0.05, 0.1) is 5.69 Å². The minimum Gasteiger partial charge on any atom is -0.456 e. The van der Waals surface area contributed by atoms with E-state index in [2.05, 4.69) is 211 Å². The standard InChI is InChI=1S/C56H37NO/c1-4-15-51-43(10-1)23-24-46-35-45(29-34-52(46)51)41-27-32-50(33-28-41)57(54-17-8-12-42-9-2-5-16-53(42)54)49-30-25-39(26-31-49)38-19-21-40(22-20-38)44-13-7-14-47(36-44)56-37-48-11-3-6-18-55(48)58-56/h1-37H. The minimum atomic E-state index is 0.882. The summed E-state index contributed by atoms with van der Waals surface area (Å²) in [5.74, 6) is 0.882. The summed E-state index contributed by atoms with van der Waals surface area (Å²) in [6.07, 6.45) is 0. The monoisotopic (exact) mass is 739 g/mol. The van der Waals surface area contributed by atoms with Crippen molar-refractivity contribution in [2.75, 3.05) is 4.90 Å². The van der Waals surface area contributed by atoms with Gasteiger partial charge >= 0.3 is 0 Å². The number of furan rings is 1. The molecule has 272 valence electrons. The third-order valence-electron chi connectivity index (χ3n) is 11.5. The van der Waals surface area contributed by atoms with Crippen LogP contribution in [0.25, 0.3) is 88.0 Å². The lowest BCUT2D eigenvalue weighted by molar-refractivity contribution is 0.631. The highest BCUT2D eigenvalue weighted by Gasteiger charge is 2.16. The van der Waals surface area contributed by atoms with Gasteiger partial charge in [-0.2, -0.15) is 0 Å². The van der Waals surface area contributed by atoms with Gasteiger partial charge in [-0.15, -0.1) is 0 Å². The Morgan fingerprint density at radius 1 is 0.276 bits per heavy atom. The van der Waals surface area contributed by atoms with Gasteiger partial charge in [0.25, 0.3) is 0 Å². The van der Waals surface area contributed by atoms with E-state index >= 15 is 0 Å². The van der Waals surface area contributed by atoms with Crippen LogP contribution >= 0.6 is 0 Å². The Morgan fingerprint density at radius 3 is 1.47 bits per heavy atom. The van der Waals surface area contributed by atoms with Gasteiger partial charge in [-0.3, -0.25) is 0 Å². The molecule has 10 aromatic carbocycles. The Hall–Kier alpha value is -7.68. The predicted molar refractivity (Wildman–Crippen MR) is 245 cm³/mol. The zero-order valence-electron chi connectivity index (χ0n) is 31.7. The minimum absolute atomic E-state index is 0.882.